The fraction of sp³-hybridized carbons (Fsp3) is 0.348. The van der Waals surface area contributed by atoms with Crippen molar-refractivity contribution in [1.82, 2.24) is 15.0 Å². The van der Waals surface area contributed by atoms with E-state index in [1.807, 2.05) is 18.2 Å². The molecule has 2 aliphatic rings. The SMILES string of the molecule is N[C@@H]1CCN(c2nc(-c3cccc(O)c3)nc(N3Cc4ccccc4C[C@@H]3CO)n2)C1. The van der Waals surface area contributed by atoms with Gasteiger partial charge in [0.1, 0.15) is 5.75 Å². The first-order valence-electron chi connectivity index (χ1n) is 10.6. The molecule has 31 heavy (non-hydrogen) atoms. The maximum absolute atomic E-state index is 10.1. The Balaban J connectivity index is 1.59. The minimum atomic E-state index is -0.122. The second kappa shape index (κ2) is 8.13. The number of aromatic nitrogens is 3. The fourth-order valence-electron chi connectivity index (χ4n) is 4.35. The number of rotatable bonds is 4. The molecule has 0 unspecified atom stereocenters. The van der Waals surface area contributed by atoms with E-state index in [0.29, 0.717) is 36.4 Å². The Bertz CT molecular complexity index is 1090. The molecule has 0 amide bonds. The van der Waals surface area contributed by atoms with Gasteiger partial charge in [0.2, 0.25) is 11.9 Å². The van der Waals surface area contributed by atoms with Gasteiger partial charge in [-0.15, -0.1) is 0 Å². The maximum Gasteiger partial charge on any atom is 0.231 e. The topological polar surface area (TPSA) is 112 Å². The molecule has 3 heterocycles. The first-order chi connectivity index (χ1) is 15.1. The molecule has 2 aromatic carbocycles. The Morgan fingerprint density at radius 2 is 1.81 bits per heavy atom. The minimum absolute atomic E-state index is 0.00535. The highest BCUT2D eigenvalue weighted by molar-refractivity contribution is 5.61. The molecule has 0 aliphatic carbocycles. The molecule has 2 atom stereocenters. The molecule has 0 saturated carbocycles. The molecule has 3 aromatic rings. The molecule has 8 nitrogen and oxygen atoms in total. The number of anilines is 2. The molecular formula is C23H26N6O2. The van der Waals surface area contributed by atoms with Gasteiger partial charge in [-0.3, -0.25) is 0 Å². The number of aliphatic hydroxyl groups excluding tert-OH is 1. The summed E-state index contributed by atoms with van der Waals surface area (Å²) in [5.41, 5.74) is 9.28. The van der Waals surface area contributed by atoms with Crippen molar-refractivity contribution in [1.29, 1.82) is 0 Å². The molecule has 5 rings (SSSR count). The van der Waals surface area contributed by atoms with Gasteiger partial charge in [0, 0.05) is 31.2 Å². The highest BCUT2D eigenvalue weighted by Gasteiger charge is 2.30. The monoisotopic (exact) mass is 418 g/mol. The van der Waals surface area contributed by atoms with Gasteiger partial charge in [-0.1, -0.05) is 36.4 Å². The third-order valence-electron chi connectivity index (χ3n) is 6.05. The number of aliphatic hydroxyl groups is 1. The van der Waals surface area contributed by atoms with Gasteiger partial charge in [0.15, 0.2) is 5.82 Å². The van der Waals surface area contributed by atoms with Crippen LogP contribution in [0.25, 0.3) is 11.4 Å². The summed E-state index contributed by atoms with van der Waals surface area (Å²) in [7, 11) is 0. The van der Waals surface area contributed by atoms with Crippen LogP contribution in [0.5, 0.6) is 5.75 Å². The number of phenolic OH excluding ortho intramolecular Hbond substituents is 1. The fourth-order valence-corrected chi connectivity index (χ4v) is 4.35. The highest BCUT2D eigenvalue weighted by atomic mass is 16.3. The zero-order chi connectivity index (χ0) is 21.4. The average Bonchev–Trinajstić information content (AvgIpc) is 3.24. The van der Waals surface area contributed by atoms with Gasteiger partial charge in [-0.05, 0) is 36.1 Å². The van der Waals surface area contributed by atoms with Crippen LogP contribution in [0.15, 0.2) is 48.5 Å². The quantitative estimate of drug-likeness (QED) is 0.587. The highest BCUT2D eigenvalue weighted by Crippen LogP contribution is 2.30. The number of hydrogen-bond acceptors (Lipinski definition) is 8. The molecule has 0 radical (unpaired) electrons. The molecule has 160 valence electrons. The lowest BCUT2D eigenvalue weighted by Crippen LogP contribution is -2.44. The first kappa shape index (κ1) is 19.7. The zero-order valence-electron chi connectivity index (χ0n) is 17.2. The van der Waals surface area contributed by atoms with E-state index in [0.717, 1.165) is 19.4 Å². The number of fused-ring (bicyclic) bond motifs is 1. The van der Waals surface area contributed by atoms with Crippen molar-refractivity contribution in [3.8, 4) is 17.1 Å². The van der Waals surface area contributed by atoms with Gasteiger partial charge >= 0.3 is 0 Å². The molecule has 4 N–H and O–H groups in total. The van der Waals surface area contributed by atoms with Crippen LogP contribution < -0.4 is 15.5 Å². The minimum Gasteiger partial charge on any atom is -0.508 e. The van der Waals surface area contributed by atoms with Crippen molar-refractivity contribution in [3.63, 3.8) is 0 Å². The largest absolute Gasteiger partial charge is 0.508 e. The van der Waals surface area contributed by atoms with Gasteiger partial charge < -0.3 is 25.7 Å². The van der Waals surface area contributed by atoms with Crippen LogP contribution in [0.1, 0.15) is 17.5 Å². The van der Waals surface area contributed by atoms with Crippen molar-refractivity contribution >= 4 is 11.9 Å². The van der Waals surface area contributed by atoms with E-state index in [4.69, 9.17) is 20.7 Å². The Labute approximate surface area is 181 Å². The Kier molecular flexibility index (Phi) is 5.17. The summed E-state index contributed by atoms with van der Waals surface area (Å²) < 4.78 is 0. The third kappa shape index (κ3) is 3.92. The number of hydrogen-bond donors (Lipinski definition) is 3. The summed E-state index contributed by atoms with van der Waals surface area (Å²) in [4.78, 5) is 18.4. The predicted molar refractivity (Wildman–Crippen MR) is 119 cm³/mol. The van der Waals surface area contributed by atoms with Crippen molar-refractivity contribution < 1.29 is 10.2 Å². The Hall–Kier alpha value is -3.23. The lowest BCUT2D eigenvalue weighted by molar-refractivity contribution is 0.252. The van der Waals surface area contributed by atoms with Crippen molar-refractivity contribution in [3.05, 3.63) is 59.7 Å². The van der Waals surface area contributed by atoms with E-state index >= 15 is 0 Å². The number of benzene rings is 2. The number of aromatic hydroxyl groups is 1. The average molecular weight is 419 g/mol. The van der Waals surface area contributed by atoms with E-state index in [9.17, 15) is 10.2 Å². The van der Waals surface area contributed by atoms with E-state index in [2.05, 4.69) is 21.9 Å². The van der Waals surface area contributed by atoms with Crippen LogP contribution in [0.2, 0.25) is 0 Å². The summed E-state index contributed by atoms with van der Waals surface area (Å²) in [5, 5.41) is 20.1. The lowest BCUT2D eigenvalue weighted by atomic mass is 9.94. The molecule has 8 heteroatoms. The lowest BCUT2D eigenvalue weighted by Gasteiger charge is -2.36. The molecule has 0 bridgehead atoms. The van der Waals surface area contributed by atoms with Crippen LogP contribution >= 0.6 is 0 Å². The van der Waals surface area contributed by atoms with Crippen molar-refractivity contribution in [2.75, 3.05) is 29.5 Å². The third-order valence-corrected chi connectivity index (χ3v) is 6.05. The zero-order valence-corrected chi connectivity index (χ0v) is 17.2. The maximum atomic E-state index is 10.1. The standard InChI is InChI=1S/C23H26N6O2/c24-18-8-9-28(13-18)22-25-21(16-6-3-7-20(31)11-16)26-23(27-22)29-12-17-5-2-1-4-15(17)10-19(29)14-30/h1-7,11,18-19,30-31H,8-10,12-14,24H2/t18-,19-/m1/s1. The van der Waals surface area contributed by atoms with E-state index in [-0.39, 0.29) is 24.4 Å². The molecule has 0 spiro atoms. The van der Waals surface area contributed by atoms with Gasteiger partial charge in [0.05, 0.1) is 12.6 Å². The van der Waals surface area contributed by atoms with Gasteiger partial charge in [-0.25, -0.2) is 0 Å². The number of nitrogens with two attached hydrogens (primary N) is 1. The van der Waals surface area contributed by atoms with Crippen LogP contribution in [0, 0.1) is 0 Å². The first-order valence-corrected chi connectivity index (χ1v) is 10.6. The Morgan fingerprint density at radius 1 is 1.00 bits per heavy atom. The second-order valence-electron chi connectivity index (χ2n) is 8.24. The number of nitrogens with zero attached hydrogens (tertiary/aromatic N) is 5. The van der Waals surface area contributed by atoms with E-state index < -0.39 is 0 Å². The van der Waals surface area contributed by atoms with Crippen LogP contribution in [-0.4, -0.2) is 56.9 Å². The van der Waals surface area contributed by atoms with Crippen LogP contribution in [0.3, 0.4) is 0 Å². The molecule has 2 aliphatic heterocycles. The Morgan fingerprint density at radius 3 is 2.55 bits per heavy atom. The van der Waals surface area contributed by atoms with Gasteiger partial charge in [-0.2, -0.15) is 15.0 Å². The predicted octanol–water partition coefficient (Wildman–Crippen LogP) is 1.71. The summed E-state index contributed by atoms with van der Waals surface area (Å²) >= 11 is 0. The van der Waals surface area contributed by atoms with E-state index in [1.54, 1.807) is 18.2 Å². The summed E-state index contributed by atoms with van der Waals surface area (Å²) in [6.07, 6.45) is 1.61. The van der Waals surface area contributed by atoms with E-state index in [1.165, 1.54) is 11.1 Å². The normalized spacial score (nSPS) is 20.7. The van der Waals surface area contributed by atoms with Crippen LogP contribution in [0.4, 0.5) is 11.9 Å². The molecular weight excluding hydrogens is 392 g/mol. The summed E-state index contributed by atoms with van der Waals surface area (Å²) in [6, 6.07) is 15.1. The van der Waals surface area contributed by atoms with Gasteiger partial charge in [0.25, 0.3) is 0 Å². The molecule has 1 aromatic heterocycles. The smallest absolute Gasteiger partial charge is 0.231 e. The summed E-state index contributed by atoms with van der Waals surface area (Å²) in [5.74, 6) is 1.75. The molecule has 1 saturated heterocycles. The second-order valence-corrected chi connectivity index (χ2v) is 8.24. The van der Waals surface area contributed by atoms with Crippen molar-refractivity contribution in [2.24, 2.45) is 5.73 Å². The molecule has 1 fully saturated rings. The van der Waals surface area contributed by atoms with Crippen molar-refractivity contribution in [2.45, 2.75) is 31.5 Å². The van der Waals surface area contributed by atoms with Crippen LogP contribution in [-0.2, 0) is 13.0 Å². The number of phenols is 1. The summed E-state index contributed by atoms with van der Waals surface area (Å²) in [6.45, 7) is 2.10.